The molecule has 0 saturated heterocycles. The van der Waals surface area contributed by atoms with Crippen molar-refractivity contribution in [1.82, 2.24) is 0 Å². The first-order valence-corrected chi connectivity index (χ1v) is 7.35. The van der Waals surface area contributed by atoms with Gasteiger partial charge >= 0.3 is 5.97 Å². The number of carbonyl (C=O) groups is 1. The second-order valence-electron chi connectivity index (χ2n) is 5.81. The van der Waals surface area contributed by atoms with Gasteiger partial charge in [0.2, 0.25) is 0 Å². The van der Waals surface area contributed by atoms with Crippen molar-refractivity contribution in [3.05, 3.63) is 9.52 Å². The number of rotatable bonds is 3. The molecule has 0 aliphatic heterocycles. The van der Waals surface area contributed by atoms with E-state index >= 15 is 0 Å². The first-order valence-electron chi connectivity index (χ1n) is 6.21. The minimum atomic E-state index is -0.341. The van der Waals surface area contributed by atoms with Crippen LogP contribution in [0.2, 0.25) is 0 Å². The van der Waals surface area contributed by atoms with Crippen LogP contribution in [-0.2, 0) is 9.53 Å². The van der Waals surface area contributed by atoms with Gasteiger partial charge in [-0.3, -0.25) is 4.79 Å². The Hall–Kier alpha value is 0.0800. The minimum absolute atomic E-state index is 0.0322. The molecule has 5 heteroatoms. The van der Waals surface area contributed by atoms with Crippen LogP contribution >= 0.6 is 34.8 Å². The van der Waals surface area contributed by atoms with Crippen LogP contribution in [0.25, 0.3) is 0 Å². The summed E-state index contributed by atoms with van der Waals surface area (Å²) in [4.78, 5) is 11.7. The third kappa shape index (κ3) is 2.66. The van der Waals surface area contributed by atoms with E-state index in [4.69, 9.17) is 39.5 Å². The average Bonchev–Trinajstić information content (AvgIpc) is 2.66. The minimum Gasteiger partial charge on any atom is -0.462 e. The summed E-state index contributed by atoms with van der Waals surface area (Å²) in [5, 5.41) is 0.144. The first-order chi connectivity index (χ1) is 8.32. The van der Waals surface area contributed by atoms with Crippen molar-refractivity contribution in [3.63, 3.8) is 0 Å². The van der Waals surface area contributed by atoms with Gasteiger partial charge in [-0.05, 0) is 30.6 Å². The number of ether oxygens (including phenoxy) is 1. The molecule has 2 nitrogen and oxygen atoms in total. The highest BCUT2D eigenvalue weighted by atomic mass is 35.5. The molecule has 2 aliphatic carbocycles. The Morgan fingerprint density at radius 2 is 1.94 bits per heavy atom. The van der Waals surface area contributed by atoms with Crippen LogP contribution < -0.4 is 0 Å². The summed E-state index contributed by atoms with van der Waals surface area (Å²) < 4.78 is 5.46. The molecule has 0 aromatic heterocycles. The third-order valence-electron chi connectivity index (χ3n) is 4.59. The Bertz CT molecular complexity index is 386. The van der Waals surface area contributed by atoms with Crippen LogP contribution in [0.1, 0.15) is 39.5 Å². The highest BCUT2D eigenvalue weighted by Gasteiger charge is 2.54. The van der Waals surface area contributed by atoms with Crippen molar-refractivity contribution in [2.24, 2.45) is 17.3 Å². The predicted octanol–water partition coefficient (Wildman–Crippen LogP) is 4.63. The molecule has 2 rings (SSSR count). The Kier molecular flexibility index (Phi) is 4.20. The second-order valence-corrected chi connectivity index (χ2v) is 7.21. The number of halogens is 3. The molecule has 0 aromatic carbocycles. The van der Waals surface area contributed by atoms with Gasteiger partial charge in [-0.2, -0.15) is 0 Å². The van der Waals surface area contributed by atoms with Crippen molar-refractivity contribution in [3.8, 4) is 0 Å². The van der Waals surface area contributed by atoms with Gasteiger partial charge in [-0.1, -0.05) is 48.7 Å². The monoisotopic (exact) mass is 310 g/mol. The van der Waals surface area contributed by atoms with E-state index in [9.17, 15) is 4.79 Å². The number of carbonyl (C=O) groups excluding carboxylic acids is 1. The van der Waals surface area contributed by atoms with E-state index in [1.165, 1.54) is 6.42 Å². The molecular formula is C13H17Cl3O2. The van der Waals surface area contributed by atoms with Crippen molar-refractivity contribution in [2.45, 2.75) is 45.6 Å². The van der Waals surface area contributed by atoms with Crippen LogP contribution in [0.4, 0.5) is 0 Å². The highest BCUT2D eigenvalue weighted by Crippen LogP contribution is 2.58. The summed E-state index contributed by atoms with van der Waals surface area (Å²) in [6.45, 7) is 4.54. The van der Waals surface area contributed by atoms with E-state index in [0.717, 1.165) is 12.8 Å². The topological polar surface area (TPSA) is 26.3 Å². The number of hydrogen-bond donors (Lipinski definition) is 0. The standard InChI is InChI=1S/C13H17Cl3O2/c1-13(2)7-3-4-8(13)10(5-7)18-11(17)6-9(14)12(15)16/h7-8,10H,3-6H2,1-2H3/t7-,8-,10-/m0/s1. The Balaban J connectivity index is 1.93. The fourth-order valence-corrected chi connectivity index (χ4v) is 3.74. The van der Waals surface area contributed by atoms with E-state index in [-0.39, 0.29) is 33.4 Å². The van der Waals surface area contributed by atoms with Crippen LogP contribution in [0.3, 0.4) is 0 Å². The molecule has 2 saturated carbocycles. The lowest BCUT2D eigenvalue weighted by molar-refractivity contribution is -0.151. The molecule has 0 radical (unpaired) electrons. The average molecular weight is 312 g/mol. The van der Waals surface area contributed by atoms with Gasteiger partial charge in [0, 0.05) is 5.92 Å². The molecule has 2 aliphatic rings. The summed E-state index contributed by atoms with van der Waals surface area (Å²) >= 11 is 16.8. The van der Waals surface area contributed by atoms with E-state index < -0.39 is 0 Å². The zero-order chi connectivity index (χ0) is 13.5. The maximum Gasteiger partial charge on any atom is 0.311 e. The predicted molar refractivity (Wildman–Crippen MR) is 73.7 cm³/mol. The van der Waals surface area contributed by atoms with Gasteiger partial charge in [-0.25, -0.2) is 0 Å². The maximum absolute atomic E-state index is 11.7. The fraction of sp³-hybridized carbons (Fsp3) is 0.769. The van der Waals surface area contributed by atoms with Crippen LogP contribution in [0, 0.1) is 17.3 Å². The maximum atomic E-state index is 11.7. The van der Waals surface area contributed by atoms with E-state index in [2.05, 4.69) is 13.8 Å². The summed E-state index contributed by atoms with van der Waals surface area (Å²) in [6.07, 6.45) is 3.36. The first kappa shape index (κ1) is 14.5. The molecule has 2 fully saturated rings. The number of hydrogen-bond acceptors (Lipinski definition) is 2. The second kappa shape index (κ2) is 5.22. The lowest BCUT2D eigenvalue weighted by Crippen LogP contribution is -2.27. The normalized spacial score (nSPS) is 32.4. The van der Waals surface area contributed by atoms with E-state index in [1.54, 1.807) is 0 Å². The van der Waals surface area contributed by atoms with Gasteiger partial charge in [-0.15, -0.1) is 0 Å². The van der Waals surface area contributed by atoms with Crippen LogP contribution in [0.5, 0.6) is 0 Å². The van der Waals surface area contributed by atoms with E-state index in [0.29, 0.717) is 11.8 Å². The molecule has 102 valence electrons. The van der Waals surface area contributed by atoms with Gasteiger partial charge in [0.05, 0.1) is 11.5 Å². The molecule has 0 unspecified atom stereocenters. The molecule has 0 N–H and O–H groups in total. The summed E-state index contributed by atoms with van der Waals surface area (Å²) in [6, 6.07) is 0. The van der Waals surface area contributed by atoms with Crippen molar-refractivity contribution < 1.29 is 9.53 Å². The van der Waals surface area contributed by atoms with Crippen molar-refractivity contribution >= 4 is 40.8 Å². The van der Waals surface area contributed by atoms with E-state index in [1.807, 2.05) is 0 Å². The number of fused-ring (bicyclic) bond motifs is 2. The Morgan fingerprint density at radius 3 is 2.39 bits per heavy atom. The summed E-state index contributed by atoms with van der Waals surface area (Å²) in [5.41, 5.74) is 0.286. The molecule has 2 bridgehead atoms. The third-order valence-corrected chi connectivity index (χ3v) is 5.56. The lowest BCUT2D eigenvalue weighted by Gasteiger charge is -2.26. The molecule has 0 heterocycles. The smallest absolute Gasteiger partial charge is 0.311 e. The summed E-state index contributed by atoms with van der Waals surface area (Å²) in [7, 11) is 0. The van der Waals surface area contributed by atoms with Crippen molar-refractivity contribution in [2.75, 3.05) is 0 Å². The Labute approximate surface area is 123 Å². The molecule has 0 aromatic rings. The number of esters is 1. The molecule has 0 amide bonds. The molecular weight excluding hydrogens is 294 g/mol. The van der Waals surface area contributed by atoms with Gasteiger partial charge < -0.3 is 4.74 Å². The quantitative estimate of drug-likeness (QED) is 0.710. The van der Waals surface area contributed by atoms with Gasteiger partial charge in [0.15, 0.2) is 0 Å². The van der Waals surface area contributed by atoms with Gasteiger partial charge in [0.25, 0.3) is 0 Å². The lowest BCUT2D eigenvalue weighted by atomic mass is 9.82. The fourth-order valence-electron chi connectivity index (χ4n) is 3.49. The molecule has 0 spiro atoms. The van der Waals surface area contributed by atoms with Crippen molar-refractivity contribution in [1.29, 1.82) is 0 Å². The Morgan fingerprint density at radius 1 is 1.28 bits per heavy atom. The summed E-state index contributed by atoms with van der Waals surface area (Å²) in [5.74, 6) is 0.802. The van der Waals surface area contributed by atoms with Crippen LogP contribution in [-0.4, -0.2) is 12.1 Å². The largest absolute Gasteiger partial charge is 0.462 e. The molecule has 3 atom stereocenters. The highest BCUT2D eigenvalue weighted by molar-refractivity contribution is 6.59. The zero-order valence-corrected chi connectivity index (χ0v) is 12.8. The van der Waals surface area contributed by atoms with Gasteiger partial charge in [0.1, 0.15) is 10.6 Å². The molecule has 18 heavy (non-hydrogen) atoms. The zero-order valence-electron chi connectivity index (χ0n) is 10.5. The SMILES string of the molecule is CC1(C)[C@H]2CC[C@H]1[C@@H](OC(=O)CC(Cl)=C(Cl)Cl)C2. The van der Waals surface area contributed by atoms with Crippen LogP contribution in [0.15, 0.2) is 9.52 Å².